The number of ether oxygens (including phenoxy) is 2. The summed E-state index contributed by atoms with van der Waals surface area (Å²) in [5, 5.41) is 0. The van der Waals surface area contributed by atoms with E-state index in [4.69, 9.17) is 13.9 Å². The van der Waals surface area contributed by atoms with Crippen molar-refractivity contribution in [2.24, 2.45) is 0 Å². The van der Waals surface area contributed by atoms with Gasteiger partial charge in [-0.15, -0.1) is 0 Å². The minimum absolute atomic E-state index is 0.00199. The van der Waals surface area contributed by atoms with Crippen molar-refractivity contribution in [1.82, 2.24) is 0 Å². The van der Waals surface area contributed by atoms with Crippen molar-refractivity contribution in [3.63, 3.8) is 0 Å². The molecule has 0 spiro atoms. The van der Waals surface area contributed by atoms with Crippen molar-refractivity contribution >= 4 is 6.29 Å². The molecule has 0 saturated carbocycles. The first kappa shape index (κ1) is 18.8. The van der Waals surface area contributed by atoms with E-state index in [-0.39, 0.29) is 16.9 Å². The van der Waals surface area contributed by atoms with Gasteiger partial charge < -0.3 is 13.9 Å². The lowest BCUT2D eigenvalue weighted by molar-refractivity contribution is 0.109. The molecule has 0 unspecified atom stereocenters. The average Bonchev–Trinajstić information content (AvgIpc) is 2.63. The number of carbonyl (C=O) groups is 1. The summed E-state index contributed by atoms with van der Waals surface area (Å²) in [5.41, 5.74) is 0.906. The highest BCUT2D eigenvalue weighted by molar-refractivity contribution is 5.70. The summed E-state index contributed by atoms with van der Waals surface area (Å²) >= 11 is 0. The summed E-state index contributed by atoms with van der Waals surface area (Å²) in [4.78, 5) is 22.1. The highest BCUT2D eigenvalue weighted by atomic mass is 16.5. The third-order valence-electron chi connectivity index (χ3n) is 3.73. The van der Waals surface area contributed by atoms with E-state index in [1.54, 1.807) is 0 Å². The molecule has 5 heteroatoms. The van der Waals surface area contributed by atoms with Crippen molar-refractivity contribution in [2.75, 3.05) is 13.2 Å². The summed E-state index contributed by atoms with van der Waals surface area (Å²) < 4.78 is 16.2. The number of para-hydroxylation sites is 1. The van der Waals surface area contributed by atoms with Gasteiger partial charge in [0.15, 0.2) is 12.0 Å². The molecule has 2 aromatic rings. The summed E-state index contributed by atoms with van der Waals surface area (Å²) in [6.07, 6.45) is 6.46. The Morgan fingerprint density at radius 1 is 1.04 bits per heavy atom. The van der Waals surface area contributed by atoms with Gasteiger partial charge in [-0.3, -0.25) is 9.59 Å². The van der Waals surface area contributed by atoms with Gasteiger partial charge in [0, 0.05) is 6.07 Å². The molecule has 0 atom stereocenters. The van der Waals surface area contributed by atoms with Crippen LogP contribution in [0.1, 0.15) is 48.7 Å². The first-order valence-electron chi connectivity index (χ1n) is 8.66. The van der Waals surface area contributed by atoms with Crippen molar-refractivity contribution in [1.29, 1.82) is 0 Å². The molecule has 0 aliphatic heterocycles. The quantitative estimate of drug-likeness (QED) is 0.455. The SMILES string of the molecule is CCCc1ccccc1OCCCCCOc1coc(C=O)cc1=O. The lowest BCUT2D eigenvalue weighted by Crippen LogP contribution is -2.09. The second kappa shape index (κ2) is 10.3. The number of benzene rings is 1. The molecule has 0 N–H and O–H groups in total. The molecule has 0 saturated heterocycles. The molecular formula is C20H24O5. The van der Waals surface area contributed by atoms with Gasteiger partial charge in [-0.2, -0.15) is 0 Å². The molecule has 0 aliphatic rings. The van der Waals surface area contributed by atoms with Crippen LogP contribution in [-0.2, 0) is 6.42 Å². The third-order valence-corrected chi connectivity index (χ3v) is 3.73. The van der Waals surface area contributed by atoms with E-state index in [2.05, 4.69) is 13.0 Å². The molecule has 5 nitrogen and oxygen atoms in total. The van der Waals surface area contributed by atoms with Gasteiger partial charge in [-0.05, 0) is 37.3 Å². The Hall–Kier alpha value is -2.56. The molecule has 0 amide bonds. The second-order valence-corrected chi connectivity index (χ2v) is 5.74. The standard InChI is InChI=1S/C20H24O5/c1-2-8-16-9-4-5-10-19(16)23-11-6-3-7-12-24-20-15-25-17(14-21)13-18(20)22/h4-5,9-10,13-15H,2-3,6-8,11-12H2,1H3. The van der Waals surface area contributed by atoms with Crippen LogP contribution in [0, 0.1) is 0 Å². The zero-order valence-electron chi connectivity index (χ0n) is 14.5. The number of unbranched alkanes of at least 4 members (excludes halogenated alkanes) is 2. The smallest absolute Gasteiger partial charge is 0.227 e. The normalized spacial score (nSPS) is 10.4. The Balaban J connectivity index is 1.64. The monoisotopic (exact) mass is 344 g/mol. The fourth-order valence-electron chi connectivity index (χ4n) is 2.45. The zero-order valence-corrected chi connectivity index (χ0v) is 14.5. The number of rotatable bonds is 11. The largest absolute Gasteiger partial charge is 0.493 e. The number of hydrogen-bond donors (Lipinski definition) is 0. The van der Waals surface area contributed by atoms with Gasteiger partial charge in [0.05, 0.1) is 13.2 Å². The van der Waals surface area contributed by atoms with Gasteiger partial charge in [0.2, 0.25) is 11.2 Å². The molecule has 0 fully saturated rings. The van der Waals surface area contributed by atoms with Crippen LogP contribution in [-0.4, -0.2) is 19.5 Å². The maximum atomic E-state index is 11.6. The van der Waals surface area contributed by atoms with Crippen molar-refractivity contribution < 1.29 is 18.7 Å². The summed E-state index contributed by atoms with van der Waals surface area (Å²) in [6, 6.07) is 9.27. The number of carbonyl (C=O) groups excluding carboxylic acids is 1. The van der Waals surface area contributed by atoms with Crippen molar-refractivity contribution in [3.8, 4) is 11.5 Å². The van der Waals surface area contributed by atoms with E-state index >= 15 is 0 Å². The van der Waals surface area contributed by atoms with Crippen LogP contribution < -0.4 is 14.9 Å². The summed E-state index contributed by atoms with van der Waals surface area (Å²) in [7, 11) is 0. The molecule has 134 valence electrons. The maximum Gasteiger partial charge on any atom is 0.227 e. The van der Waals surface area contributed by atoms with Crippen LogP contribution >= 0.6 is 0 Å². The highest BCUT2D eigenvalue weighted by Crippen LogP contribution is 2.19. The Morgan fingerprint density at radius 3 is 2.44 bits per heavy atom. The van der Waals surface area contributed by atoms with Gasteiger partial charge in [0.1, 0.15) is 12.0 Å². The Bertz CT molecular complexity index is 720. The summed E-state index contributed by atoms with van der Waals surface area (Å²) in [5.74, 6) is 1.10. The van der Waals surface area contributed by atoms with E-state index in [0.29, 0.717) is 19.5 Å². The number of hydrogen-bond acceptors (Lipinski definition) is 5. The zero-order chi connectivity index (χ0) is 17.9. The molecular weight excluding hydrogens is 320 g/mol. The van der Waals surface area contributed by atoms with Crippen LogP contribution in [0.15, 0.2) is 45.8 Å². The lowest BCUT2D eigenvalue weighted by atomic mass is 10.1. The van der Waals surface area contributed by atoms with Gasteiger partial charge >= 0.3 is 0 Å². The predicted octanol–water partition coefficient (Wildman–Crippen LogP) is 4.03. The van der Waals surface area contributed by atoms with E-state index in [0.717, 1.165) is 43.9 Å². The Morgan fingerprint density at radius 2 is 1.76 bits per heavy atom. The fourth-order valence-corrected chi connectivity index (χ4v) is 2.45. The van der Waals surface area contributed by atoms with Crippen LogP contribution in [0.4, 0.5) is 0 Å². The first-order valence-corrected chi connectivity index (χ1v) is 8.66. The second-order valence-electron chi connectivity index (χ2n) is 5.74. The Labute approximate surface area is 147 Å². The molecule has 0 bridgehead atoms. The topological polar surface area (TPSA) is 65.7 Å². The molecule has 25 heavy (non-hydrogen) atoms. The molecule has 1 heterocycles. The predicted molar refractivity (Wildman–Crippen MR) is 95.6 cm³/mol. The number of aryl methyl sites for hydroxylation is 1. The van der Waals surface area contributed by atoms with Gasteiger partial charge in [-0.1, -0.05) is 31.5 Å². The van der Waals surface area contributed by atoms with Crippen molar-refractivity contribution in [3.05, 3.63) is 58.1 Å². The van der Waals surface area contributed by atoms with Crippen LogP contribution in [0.2, 0.25) is 0 Å². The van der Waals surface area contributed by atoms with Crippen LogP contribution in [0.5, 0.6) is 11.5 Å². The van der Waals surface area contributed by atoms with E-state index < -0.39 is 0 Å². The average molecular weight is 344 g/mol. The minimum atomic E-state index is -0.343. The van der Waals surface area contributed by atoms with Gasteiger partial charge in [-0.25, -0.2) is 0 Å². The third kappa shape index (κ3) is 6.10. The van der Waals surface area contributed by atoms with Crippen molar-refractivity contribution in [2.45, 2.75) is 39.0 Å². The lowest BCUT2D eigenvalue weighted by Gasteiger charge is -2.11. The summed E-state index contributed by atoms with van der Waals surface area (Å²) in [6.45, 7) is 3.25. The first-order chi connectivity index (χ1) is 12.2. The molecule has 0 aliphatic carbocycles. The minimum Gasteiger partial charge on any atom is -0.493 e. The van der Waals surface area contributed by atoms with E-state index in [9.17, 15) is 9.59 Å². The van der Waals surface area contributed by atoms with E-state index in [1.165, 1.54) is 11.8 Å². The van der Waals surface area contributed by atoms with E-state index in [1.807, 2.05) is 18.2 Å². The van der Waals surface area contributed by atoms with Crippen LogP contribution in [0.3, 0.4) is 0 Å². The molecule has 0 radical (unpaired) electrons. The molecule has 1 aromatic carbocycles. The maximum absolute atomic E-state index is 11.6. The fraction of sp³-hybridized carbons (Fsp3) is 0.400. The Kier molecular flexibility index (Phi) is 7.76. The molecule has 1 aromatic heterocycles. The van der Waals surface area contributed by atoms with Crippen LogP contribution in [0.25, 0.3) is 0 Å². The van der Waals surface area contributed by atoms with Gasteiger partial charge in [0.25, 0.3) is 0 Å². The molecule has 2 rings (SSSR count). The number of aldehydes is 1. The highest BCUT2D eigenvalue weighted by Gasteiger charge is 2.04.